The van der Waals surface area contributed by atoms with Gasteiger partial charge in [0, 0.05) is 6.04 Å². The first-order chi connectivity index (χ1) is 6.56. The lowest BCUT2D eigenvalue weighted by Crippen LogP contribution is -2.11. The van der Waals surface area contributed by atoms with E-state index in [1.165, 1.54) is 12.1 Å². The summed E-state index contributed by atoms with van der Waals surface area (Å²) in [7, 11) is 0. The molecule has 14 heavy (non-hydrogen) atoms. The monoisotopic (exact) mass is 200 g/mol. The fourth-order valence-corrected chi connectivity index (χ4v) is 1.30. The molecule has 0 aliphatic carbocycles. The minimum absolute atomic E-state index is 0.329. The summed E-state index contributed by atoms with van der Waals surface area (Å²) in [6, 6.07) is 2.06. The molecular weight excluding hydrogens is 186 g/mol. The maximum atomic E-state index is 13.0. The van der Waals surface area contributed by atoms with E-state index in [2.05, 4.69) is 0 Å². The summed E-state index contributed by atoms with van der Waals surface area (Å²) < 4.78 is 26.0. The van der Waals surface area contributed by atoms with Crippen LogP contribution in [0.3, 0.4) is 0 Å². The third-order valence-corrected chi connectivity index (χ3v) is 2.13. The highest BCUT2D eigenvalue weighted by atomic mass is 19.1. The summed E-state index contributed by atoms with van der Waals surface area (Å²) in [5.74, 6) is -1.49. The molecule has 0 aromatic heterocycles. The molecule has 0 fully saturated rings. The van der Waals surface area contributed by atoms with Crippen molar-refractivity contribution in [2.75, 3.05) is 5.73 Å². The zero-order chi connectivity index (χ0) is 10.7. The van der Waals surface area contributed by atoms with Crippen molar-refractivity contribution in [2.24, 2.45) is 5.73 Å². The Morgan fingerprint density at radius 2 is 1.79 bits per heavy atom. The number of hydrogen-bond donors (Lipinski definition) is 2. The van der Waals surface area contributed by atoms with Crippen LogP contribution >= 0.6 is 0 Å². The Hall–Kier alpha value is -1.16. The fourth-order valence-electron chi connectivity index (χ4n) is 1.30. The Morgan fingerprint density at radius 3 is 2.21 bits per heavy atom. The van der Waals surface area contributed by atoms with Crippen molar-refractivity contribution in [2.45, 2.75) is 25.8 Å². The molecule has 0 bridgehead atoms. The van der Waals surface area contributed by atoms with Gasteiger partial charge >= 0.3 is 0 Å². The van der Waals surface area contributed by atoms with Crippen molar-refractivity contribution < 1.29 is 8.78 Å². The summed E-state index contributed by atoms with van der Waals surface area (Å²) in [4.78, 5) is 0. The SMILES string of the molecule is CCCC(N)c1cc(F)c(N)c(F)c1. The number of halogens is 2. The van der Waals surface area contributed by atoms with Gasteiger partial charge in [-0.3, -0.25) is 0 Å². The van der Waals surface area contributed by atoms with E-state index in [1.807, 2.05) is 6.92 Å². The third kappa shape index (κ3) is 2.20. The molecule has 0 aliphatic rings. The molecule has 0 spiro atoms. The standard InChI is InChI=1S/C10H14F2N2/c1-2-3-9(13)6-4-7(11)10(14)8(12)5-6/h4-5,9H,2-3,13-14H2,1H3. The molecule has 1 aromatic carbocycles. The highest BCUT2D eigenvalue weighted by Gasteiger charge is 2.11. The van der Waals surface area contributed by atoms with Crippen molar-refractivity contribution in [3.05, 3.63) is 29.3 Å². The van der Waals surface area contributed by atoms with Crippen molar-refractivity contribution in [3.63, 3.8) is 0 Å². The predicted octanol–water partition coefficient (Wildman–Crippen LogP) is 2.35. The van der Waals surface area contributed by atoms with Gasteiger partial charge in [0.1, 0.15) is 17.3 Å². The number of anilines is 1. The van der Waals surface area contributed by atoms with Crippen LogP contribution in [0, 0.1) is 11.6 Å². The molecule has 1 atom stereocenters. The molecule has 1 rings (SSSR count). The van der Waals surface area contributed by atoms with Gasteiger partial charge in [0.15, 0.2) is 0 Å². The predicted molar refractivity (Wildman–Crippen MR) is 52.6 cm³/mol. The van der Waals surface area contributed by atoms with Gasteiger partial charge in [-0.05, 0) is 24.1 Å². The number of nitrogens with two attached hydrogens (primary N) is 2. The van der Waals surface area contributed by atoms with E-state index in [1.54, 1.807) is 0 Å². The molecule has 0 saturated carbocycles. The van der Waals surface area contributed by atoms with Crippen LogP contribution < -0.4 is 11.5 Å². The van der Waals surface area contributed by atoms with Crippen molar-refractivity contribution in [1.82, 2.24) is 0 Å². The Kier molecular flexibility index (Phi) is 3.41. The summed E-state index contributed by atoms with van der Waals surface area (Å²) in [5, 5.41) is 0. The zero-order valence-electron chi connectivity index (χ0n) is 8.06. The Balaban J connectivity index is 3.00. The van der Waals surface area contributed by atoms with Gasteiger partial charge in [-0.2, -0.15) is 0 Å². The van der Waals surface area contributed by atoms with Gasteiger partial charge in [0.05, 0.1) is 0 Å². The number of nitrogen functional groups attached to an aromatic ring is 1. The molecule has 0 aliphatic heterocycles. The van der Waals surface area contributed by atoms with Crippen molar-refractivity contribution in [1.29, 1.82) is 0 Å². The van der Waals surface area contributed by atoms with E-state index in [0.717, 1.165) is 6.42 Å². The van der Waals surface area contributed by atoms with Crippen molar-refractivity contribution in [3.8, 4) is 0 Å². The highest BCUT2D eigenvalue weighted by molar-refractivity contribution is 5.43. The molecule has 4 heteroatoms. The van der Waals surface area contributed by atoms with Crippen LogP contribution in [0.5, 0.6) is 0 Å². The van der Waals surface area contributed by atoms with E-state index >= 15 is 0 Å². The minimum Gasteiger partial charge on any atom is -0.394 e. The average Bonchev–Trinajstić information content (AvgIpc) is 2.13. The van der Waals surface area contributed by atoms with E-state index in [9.17, 15) is 8.78 Å². The van der Waals surface area contributed by atoms with Crippen molar-refractivity contribution >= 4 is 5.69 Å². The molecule has 1 aromatic rings. The topological polar surface area (TPSA) is 52.0 Å². The van der Waals surface area contributed by atoms with Gasteiger partial charge in [0.2, 0.25) is 0 Å². The largest absolute Gasteiger partial charge is 0.394 e. The lowest BCUT2D eigenvalue weighted by molar-refractivity contribution is 0.572. The molecule has 0 heterocycles. The van der Waals surface area contributed by atoms with Crippen LogP contribution in [0.15, 0.2) is 12.1 Å². The summed E-state index contributed by atoms with van der Waals surface area (Å²) in [5.41, 5.74) is 10.9. The second kappa shape index (κ2) is 4.37. The first kappa shape index (κ1) is 10.9. The first-order valence-corrected chi connectivity index (χ1v) is 4.56. The van der Waals surface area contributed by atoms with E-state index in [4.69, 9.17) is 11.5 Å². The number of hydrogen-bond acceptors (Lipinski definition) is 2. The molecule has 0 amide bonds. The second-order valence-electron chi connectivity index (χ2n) is 3.29. The van der Waals surface area contributed by atoms with E-state index in [-0.39, 0.29) is 6.04 Å². The van der Waals surface area contributed by atoms with Gasteiger partial charge in [-0.1, -0.05) is 13.3 Å². The molecular formula is C10H14F2N2. The molecule has 2 nitrogen and oxygen atoms in total. The Labute approximate surface area is 81.9 Å². The van der Waals surface area contributed by atoms with Gasteiger partial charge in [0.25, 0.3) is 0 Å². The lowest BCUT2D eigenvalue weighted by atomic mass is 10.0. The summed E-state index contributed by atoms with van der Waals surface area (Å²) >= 11 is 0. The number of benzene rings is 1. The lowest BCUT2D eigenvalue weighted by Gasteiger charge is -2.11. The summed E-state index contributed by atoms with van der Waals surface area (Å²) in [6.45, 7) is 1.96. The molecule has 4 N–H and O–H groups in total. The van der Waals surface area contributed by atoms with E-state index in [0.29, 0.717) is 12.0 Å². The zero-order valence-corrected chi connectivity index (χ0v) is 8.06. The maximum Gasteiger partial charge on any atom is 0.149 e. The molecule has 0 radical (unpaired) electrons. The quantitative estimate of drug-likeness (QED) is 0.736. The minimum atomic E-state index is -0.744. The summed E-state index contributed by atoms with van der Waals surface area (Å²) in [6.07, 6.45) is 1.57. The van der Waals surface area contributed by atoms with Gasteiger partial charge < -0.3 is 11.5 Å². The smallest absolute Gasteiger partial charge is 0.149 e. The van der Waals surface area contributed by atoms with Crippen LogP contribution in [0.4, 0.5) is 14.5 Å². The Morgan fingerprint density at radius 1 is 1.29 bits per heavy atom. The van der Waals surface area contributed by atoms with Crippen LogP contribution in [0.2, 0.25) is 0 Å². The molecule has 78 valence electrons. The van der Waals surface area contributed by atoms with Crippen LogP contribution in [0.25, 0.3) is 0 Å². The first-order valence-electron chi connectivity index (χ1n) is 4.56. The molecule has 1 unspecified atom stereocenters. The van der Waals surface area contributed by atoms with Crippen LogP contribution in [-0.4, -0.2) is 0 Å². The third-order valence-electron chi connectivity index (χ3n) is 2.13. The van der Waals surface area contributed by atoms with E-state index < -0.39 is 17.3 Å². The average molecular weight is 200 g/mol. The maximum absolute atomic E-state index is 13.0. The van der Waals surface area contributed by atoms with Crippen LogP contribution in [0.1, 0.15) is 31.4 Å². The highest BCUT2D eigenvalue weighted by Crippen LogP contribution is 2.22. The molecule has 0 saturated heterocycles. The fraction of sp³-hybridized carbons (Fsp3) is 0.400. The second-order valence-corrected chi connectivity index (χ2v) is 3.29. The van der Waals surface area contributed by atoms with Crippen LogP contribution in [-0.2, 0) is 0 Å². The number of rotatable bonds is 3. The normalized spacial score (nSPS) is 12.9. The van der Waals surface area contributed by atoms with Gasteiger partial charge in [-0.15, -0.1) is 0 Å². The Bertz CT molecular complexity index is 303. The van der Waals surface area contributed by atoms with Gasteiger partial charge in [-0.25, -0.2) is 8.78 Å².